The predicted molar refractivity (Wildman–Crippen MR) is 392 cm³/mol. The Labute approximate surface area is 565 Å². The van der Waals surface area contributed by atoms with E-state index >= 15 is 0 Å². The van der Waals surface area contributed by atoms with Crippen LogP contribution in [0, 0.1) is 0 Å². The highest BCUT2D eigenvalue weighted by Gasteiger charge is 2.14. The molecule has 0 fully saturated rings. The summed E-state index contributed by atoms with van der Waals surface area (Å²) in [6.07, 6.45) is 9.16. The fourth-order valence-electron chi connectivity index (χ4n) is 9.50. The fraction of sp³-hybridized carbons (Fsp3) is 0.452. The molecule has 0 unspecified atom stereocenters. The molecule has 5 rings (SSSR count). The SMILES string of the molecule is CC.CCN=Cc1ccc(C(=O)NCCN(CCNC)CCNC(=O)c2ccc(C=NCCN(CCN=Cc3ccc(C(=O)NCCN(CCNC)CCNC(=O)c4ccc(C=NCCN(CCN=Cc5ccc(C(C)=O)cc5)CCNC)cc4)cc3)CCNC)cc2)cc1. The lowest BCUT2D eigenvalue weighted by atomic mass is 10.1. The molecular formula is C73H107N17O5. The molecule has 4 amide bonds. The molecule has 0 saturated carbocycles. The summed E-state index contributed by atoms with van der Waals surface area (Å²) in [7, 11) is 7.69. The van der Waals surface area contributed by atoms with Gasteiger partial charge >= 0.3 is 0 Å². The first-order valence-electron chi connectivity index (χ1n) is 33.5. The van der Waals surface area contributed by atoms with Crippen molar-refractivity contribution in [3.05, 3.63) is 177 Å². The molecule has 0 saturated heterocycles. The number of carbonyl (C=O) groups excluding carboxylic acids is 5. The number of hydrogen-bond acceptors (Lipinski definition) is 18. The highest BCUT2D eigenvalue weighted by Crippen LogP contribution is 2.09. The Morgan fingerprint density at radius 1 is 0.305 bits per heavy atom. The Bertz CT molecular complexity index is 3100. The van der Waals surface area contributed by atoms with Crippen molar-refractivity contribution in [1.29, 1.82) is 0 Å². The summed E-state index contributed by atoms with van der Waals surface area (Å²) >= 11 is 0. The summed E-state index contributed by atoms with van der Waals surface area (Å²) in [4.78, 5) is 95.6. The smallest absolute Gasteiger partial charge is 0.251 e. The van der Waals surface area contributed by atoms with Crippen LogP contribution in [0.5, 0.6) is 0 Å². The van der Waals surface area contributed by atoms with Crippen molar-refractivity contribution in [2.45, 2.75) is 27.7 Å². The van der Waals surface area contributed by atoms with Gasteiger partial charge in [0.05, 0.1) is 26.2 Å². The number of ketones is 1. The van der Waals surface area contributed by atoms with Crippen molar-refractivity contribution in [3.8, 4) is 0 Å². The van der Waals surface area contributed by atoms with Crippen molar-refractivity contribution < 1.29 is 24.0 Å². The van der Waals surface area contributed by atoms with E-state index in [1.807, 2.05) is 183 Å². The van der Waals surface area contributed by atoms with Crippen LogP contribution in [-0.2, 0) is 0 Å². The van der Waals surface area contributed by atoms with Gasteiger partial charge in [-0.1, -0.05) is 86.6 Å². The number of likely N-dealkylation sites (N-methyl/N-ethyl adjacent to an activating group) is 4. The molecule has 0 atom stereocenters. The van der Waals surface area contributed by atoms with Gasteiger partial charge in [0.1, 0.15) is 0 Å². The van der Waals surface area contributed by atoms with E-state index in [1.54, 1.807) is 25.3 Å². The van der Waals surface area contributed by atoms with Crippen LogP contribution in [0.3, 0.4) is 0 Å². The number of carbonyl (C=O) groups is 5. The number of benzene rings is 5. The van der Waals surface area contributed by atoms with E-state index in [0.29, 0.717) is 113 Å². The van der Waals surface area contributed by atoms with Crippen molar-refractivity contribution in [2.24, 2.45) is 25.0 Å². The quantitative estimate of drug-likeness (QED) is 0.0192. The minimum atomic E-state index is -0.152. The number of nitrogens with one attached hydrogen (secondary N) is 8. The van der Waals surface area contributed by atoms with Crippen LogP contribution < -0.4 is 42.5 Å². The molecule has 8 N–H and O–H groups in total. The maximum atomic E-state index is 13.2. The largest absolute Gasteiger partial charge is 0.351 e. The molecule has 22 heteroatoms. The summed E-state index contributed by atoms with van der Waals surface area (Å²) in [6, 6.07) is 37.1. The Morgan fingerprint density at radius 3 is 0.716 bits per heavy atom. The van der Waals surface area contributed by atoms with Gasteiger partial charge in [-0.3, -0.25) is 68.5 Å². The first-order valence-corrected chi connectivity index (χ1v) is 33.5. The normalized spacial score (nSPS) is 11.7. The van der Waals surface area contributed by atoms with E-state index in [1.165, 1.54) is 0 Å². The molecular weight excluding hydrogens is 1190 g/mol. The van der Waals surface area contributed by atoms with Gasteiger partial charge < -0.3 is 42.5 Å². The van der Waals surface area contributed by atoms with Crippen LogP contribution in [0.4, 0.5) is 0 Å². The third kappa shape index (κ3) is 33.6. The molecule has 95 heavy (non-hydrogen) atoms. The summed E-state index contributed by atoms with van der Waals surface area (Å²) in [5, 5.41) is 25.0. The lowest BCUT2D eigenvalue weighted by Gasteiger charge is -2.22. The molecule has 5 aromatic rings. The molecule has 0 spiro atoms. The number of aliphatic imine (C=N–C) groups is 5. The molecule has 0 aliphatic heterocycles. The van der Waals surface area contributed by atoms with Gasteiger partial charge in [-0.2, -0.15) is 0 Å². The number of hydrogen-bond donors (Lipinski definition) is 8. The molecule has 0 aromatic heterocycles. The van der Waals surface area contributed by atoms with E-state index in [0.717, 1.165) is 106 Å². The molecule has 0 bridgehead atoms. The van der Waals surface area contributed by atoms with Crippen molar-refractivity contribution in [1.82, 2.24) is 62.1 Å². The number of amides is 4. The van der Waals surface area contributed by atoms with Crippen LogP contribution in [0.1, 0.15) is 107 Å². The number of Topliss-reactive ketones (excluding diaryl/α,β-unsaturated/α-hetero) is 1. The van der Waals surface area contributed by atoms with E-state index < -0.39 is 0 Å². The van der Waals surface area contributed by atoms with Crippen LogP contribution in [0.15, 0.2) is 146 Å². The Hall–Kier alpha value is -8.32. The monoisotopic (exact) mass is 1300 g/mol. The Balaban J connectivity index is 0.00000951. The van der Waals surface area contributed by atoms with Gasteiger partial charge in [-0.15, -0.1) is 0 Å². The number of rotatable bonds is 47. The number of nitrogens with zero attached hydrogens (tertiary/aromatic N) is 9. The zero-order valence-corrected chi connectivity index (χ0v) is 57.7. The van der Waals surface area contributed by atoms with E-state index in [9.17, 15) is 24.0 Å². The third-order valence-corrected chi connectivity index (χ3v) is 15.1. The third-order valence-electron chi connectivity index (χ3n) is 15.1. The van der Waals surface area contributed by atoms with Crippen LogP contribution in [-0.4, -0.2) is 272 Å². The average molecular weight is 1300 g/mol. The second kappa shape index (κ2) is 49.3. The topological polar surface area (TPSA) is 256 Å². The minimum absolute atomic E-state index is 0.0478. The second-order valence-corrected chi connectivity index (χ2v) is 22.2. The van der Waals surface area contributed by atoms with Crippen molar-refractivity contribution >= 4 is 60.5 Å². The van der Waals surface area contributed by atoms with Gasteiger partial charge in [0, 0.05) is 196 Å². The molecule has 0 aliphatic carbocycles. The highest BCUT2D eigenvalue weighted by molar-refractivity contribution is 5.97. The van der Waals surface area contributed by atoms with E-state index in [4.69, 9.17) is 4.99 Å². The van der Waals surface area contributed by atoms with Crippen LogP contribution in [0.2, 0.25) is 0 Å². The molecule has 5 aromatic carbocycles. The zero-order valence-electron chi connectivity index (χ0n) is 57.7. The Kier molecular flexibility index (Phi) is 41.0. The lowest BCUT2D eigenvalue weighted by Crippen LogP contribution is -2.42. The van der Waals surface area contributed by atoms with E-state index in [-0.39, 0.29) is 29.4 Å². The van der Waals surface area contributed by atoms with Crippen molar-refractivity contribution in [2.75, 3.05) is 192 Å². The fourth-order valence-corrected chi connectivity index (χ4v) is 9.50. The highest BCUT2D eigenvalue weighted by atomic mass is 16.2. The molecule has 22 nitrogen and oxygen atoms in total. The lowest BCUT2D eigenvalue weighted by molar-refractivity contribution is 0.0932. The zero-order chi connectivity index (χ0) is 68.5. The van der Waals surface area contributed by atoms with Gasteiger partial charge in [-0.25, -0.2) is 0 Å². The predicted octanol–water partition coefficient (Wildman–Crippen LogP) is 4.84. The summed E-state index contributed by atoms with van der Waals surface area (Å²) in [6.45, 7) is 24.8. The maximum Gasteiger partial charge on any atom is 0.251 e. The summed E-state index contributed by atoms with van der Waals surface area (Å²) < 4.78 is 0. The van der Waals surface area contributed by atoms with Crippen molar-refractivity contribution in [3.63, 3.8) is 0 Å². The Morgan fingerprint density at radius 2 is 0.505 bits per heavy atom. The van der Waals surface area contributed by atoms with Crippen LogP contribution >= 0.6 is 0 Å². The average Bonchev–Trinajstić information content (AvgIpc) is 2.00. The molecule has 0 heterocycles. The van der Waals surface area contributed by atoms with E-state index in [2.05, 4.69) is 82.1 Å². The van der Waals surface area contributed by atoms with Gasteiger partial charge in [0.2, 0.25) is 0 Å². The first kappa shape index (κ1) is 79.1. The second-order valence-electron chi connectivity index (χ2n) is 22.2. The molecule has 0 aliphatic rings. The minimum Gasteiger partial charge on any atom is -0.351 e. The molecule has 0 radical (unpaired) electrons. The standard InChI is InChI=1S/C71H101N17O5.C2H6/c1-7-76-52-58-10-20-64(21-11-58)68(90)81-36-48-87(42-30-74-5)49-37-82-69(91)65-24-14-61(15-25-65)55-79-34-46-86(41-29-73-4)47-35-80-56-62-16-26-67(27-17-62)71(93)84-39-51-88(43-31-75-6)50-38-83-70(92)66-22-12-60(13-23-66)54-78-33-45-85(40-28-72-3)44-32-77-53-59-8-18-63(19-9-59)57(2)89;1-2/h8-27,52-56,72-75H,7,28-51H2,1-6H3,(H,81,90)(H,82,91)(H,83,92)(H,84,93);1-2H3. The molecule has 514 valence electrons. The van der Waals surface area contributed by atoms with Gasteiger partial charge in [-0.05, 0) is 118 Å². The summed E-state index contributed by atoms with van der Waals surface area (Å²) in [5.41, 5.74) is 7.67. The maximum absolute atomic E-state index is 13.2. The summed E-state index contributed by atoms with van der Waals surface area (Å²) in [5.74, 6) is -0.519. The van der Waals surface area contributed by atoms with Gasteiger partial charge in [0.25, 0.3) is 23.6 Å². The van der Waals surface area contributed by atoms with Gasteiger partial charge in [0.15, 0.2) is 5.78 Å². The van der Waals surface area contributed by atoms with Crippen LogP contribution in [0.25, 0.3) is 0 Å². The first-order chi connectivity index (χ1) is 46.4.